The van der Waals surface area contributed by atoms with E-state index in [2.05, 4.69) is 53.8 Å². The SMILES string of the molecule is Nc1ncnc(Nc2cccc(I)c2)c1Br. The van der Waals surface area contributed by atoms with Gasteiger partial charge in [-0.05, 0) is 56.7 Å². The van der Waals surface area contributed by atoms with Crippen LogP contribution in [0.15, 0.2) is 35.1 Å². The molecule has 6 heteroatoms. The standard InChI is InChI=1S/C10H8BrIN4/c11-8-9(13)14-5-15-10(8)16-7-3-1-2-6(12)4-7/h1-5H,(H3,13,14,15,16). The first-order chi connectivity index (χ1) is 7.66. The van der Waals surface area contributed by atoms with Gasteiger partial charge in [-0.3, -0.25) is 0 Å². The van der Waals surface area contributed by atoms with E-state index in [4.69, 9.17) is 5.73 Å². The number of hydrogen-bond donors (Lipinski definition) is 2. The molecule has 0 saturated carbocycles. The number of halogens is 2. The summed E-state index contributed by atoms with van der Waals surface area (Å²) in [5, 5.41) is 3.17. The Morgan fingerprint density at radius 1 is 1.31 bits per heavy atom. The van der Waals surface area contributed by atoms with Gasteiger partial charge in [0.15, 0.2) is 0 Å². The fourth-order valence-electron chi connectivity index (χ4n) is 1.17. The zero-order valence-electron chi connectivity index (χ0n) is 8.11. The second-order valence-electron chi connectivity index (χ2n) is 3.06. The minimum atomic E-state index is 0.420. The van der Waals surface area contributed by atoms with Gasteiger partial charge in [-0.25, -0.2) is 9.97 Å². The average Bonchev–Trinajstić information content (AvgIpc) is 2.25. The summed E-state index contributed by atoms with van der Waals surface area (Å²) in [6.45, 7) is 0. The Bertz CT molecular complexity index is 518. The molecule has 3 N–H and O–H groups in total. The maximum Gasteiger partial charge on any atom is 0.150 e. The Labute approximate surface area is 115 Å². The lowest BCUT2D eigenvalue weighted by atomic mass is 10.3. The number of benzene rings is 1. The second-order valence-corrected chi connectivity index (χ2v) is 5.10. The topological polar surface area (TPSA) is 63.8 Å². The molecule has 0 atom stereocenters. The highest BCUT2D eigenvalue weighted by Gasteiger charge is 2.05. The zero-order valence-corrected chi connectivity index (χ0v) is 11.9. The van der Waals surface area contributed by atoms with Crippen molar-refractivity contribution in [3.8, 4) is 0 Å². The molecule has 0 fully saturated rings. The van der Waals surface area contributed by atoms with Crippen molar-refractivity contribution in [3.63, 3.8) is 0 Å². The number of nitrogens with zero attached hydrogens (tertiary/aromatic N) is 2. The van der Waals surface area contributed by atoms with Crippen LogP contribution in [0.2, 0.25) is 0 Å². The number of nitrogens with two attached hydrogens (primary N) is 1. The van der Waals surface area contributed by atoms with Crippen molar-refractivity contribution in [2.24, 2.45) is 0 Å². The number of aromatic nitrogens is 2. The van der Waals surface area contributed by atoms with Gasteiger partial charge in [0, 0.05) is 9.26 Å². The predicted octanol–water partition coefficient (Wildman–Crippen LogP) is 3.17. The van der Waals surface area contributed by atoms with Crippen LogP contribution in [0.3, 0.4) is 0 Å². The molecule has 2 aromatic rings. The summed E-state index contributed by atoms with van der Waals surface area (Å²) in [6.07, 6.45) is 1.43. The van der Waals surface area contributed by atoms with E-state index < -0.39 is 0 Å². The van der Waals surface area contributed by atoms with Crippen molar-refractivity contribution >= 4 is 55.8 Å². The summed E-state index contributed by atoms with van der Waals surface area (Å²) < 4.78 is 1.83. The summed E-state index contributed by atoms with van der Waals surface area (Å²) in [5.41, 5.74) is 6.63. The van der Waals surface area contributed by atoms with Crippen molar-refractivity contribution in [1.29, 1.82) is 0 Å². The third kappa shape index (κ3) is 2.62. The van der Waals surface area contributed by atoms with Gasteiger partial charge < -0.3 is 11.1 Å². The van der Waals surface area contributed by atoms with E-state index in [9.17, 15) is 0 Å². The smallest absolute Gasteiger partial charge is 0.150 e. The molecular weight excluding hydrogens is 383 g/mol. The highest BCUT2D eigenvalue weighted by atomic mass is 127. The molecule has 0 unspecified atom stereocenters. The lowest BCUT2D eigenvalue weighted by Gasteiger charge is -2.08. The van der Waals surface area contributed by atoms with E-state index in [0.717, 1.165) is 9.26 Å². The minimum Gasteiger partial charge on any atom is -0.383 e. The Kier molecular flexibility index (Phi) is 3.59. The Morgan fingerprint density at radius 2 is 2.12 bits per heavy atom. The van der Waals surface area contributed by atoms with Crippen molar-refractivity contribution < 1.29 is 0 Å². The number of nitrogens with one attached hydrogen (secondary N) is 1. The van der Waals surface area contributed by atoms with Gasteiger partial charge in [-0.15, -0.1) is 0 Å². The third-order valence-corrected chi connectivity index (χ3v) is 3.36. The molecule has 0 aliphatic carbocycles. The van der Waals surface area contributed by atoms with Gasteiger partial charge in [0.25, 0.3) is 0 Å². The molecule has 0 radical (unpaired) electrons. The molecule has 0 aliphatic heterocycles. The Morgan fingerprint density at radius 3 is 2.88 bits per heavy atom. The van der Waals surface area contributed by atoms with Gasteiger partial charge in [-0.1, -0.05) is 6.07 Å². The molecule has 82 valence electrons. The maximum atomic E-state index is 5.66. The summed E-state index contributed by atoms with van der Waals surface area (Å²) in [5.74, 6) is 1.08. The number of rotatable bonds is 2. The number of anilines is 3. The quantitative estimate of drug-likeness (QED) is 0.773. The van der Waals surface area contributed by atoms with Gasteiger partial charge >= 0.3 is 0 Å². The van der Waals surface area contributed by atoms with Crippen LogP contribution in [-0.4, -0.2) is 9.97 Å². The summed E-state index contributed by atoms with van der Waals surface area (Å²) in [4.78, 5) is 7.99. The first-order valence-corrected chi connectivity index (χ1v) is 6.32. The van der Waals surface area contributed by atoms with Gasteiger partial charge in [0.2, 0.25) is 0 Å². The highest BCUT2D eigenvalue weighted by molar-refractivity contribution is 14.1. The molecule has 2 rings (SSSR count). The largest absolute Gasteiger partial charge is 0.383 e. The molecule has 0 aliphatic rings. The van der Waals surface area contributed by atoms with E-state index in [1.54, 1.807) is 0 Å². The fourth-order valence-corrected chi connectivity index (χ4v) is 2.02. The van der Waals surface area contributed by atoms with Gasteiger partial charge in [0.1, 0.15) is 22.4 Å². The summed E-state index contributed by atoms with van der Waals surface area (Å²) in [7, 11) is 0. The van der Waals surface area contributed by atoms with Crippen LogP contribution in [-0.2, 0) is 0 Å². The number of hydrogen-bond acceptors (Lipinski definition) is 4. The molecule has 1 heterocycles. The van der Waals surface area contributed by atoms with E-state index >= 15 is 0 Å². The molecule has 0 amide bonds. The molecule has 1 aromatic heterocycles. The maximum absolute atomic E-state index is 5.66. The van der Waals surface area contributed by atoms with Gasteiger partial charge in [-0.2, -0.15) is 0 Å². The van der Waals surface area contributed by atoms with E-state index in [0.29, 0.717) is 16.1 Å². The highest BCUT2D eigenvalue weighted by Crippen LogP contribution is 2.27. The molecule has 16 heavy (non-hydrogen) atoms. The number of nitrogen functional groups attached to an aromatic ring is 1. The first kappa shape index (κ1) is 11.6. The van der Waals surface area contributed by atoms with Crippen LogP contribution < -0.4 is 11.1 Å². The van der Waals surface area contributed by atoms with Crippen LogP contribution in [0.4, 0.5) is 17.3 Å². The normalized spacial score (nSPS) is 10.1. The lowest BCUT2D eigenvalue weighted by Crippen LogP contribution is -1.99. The van der Waals surface area contributed by atoms with Crippen molar-refractivity contribution in [1.82, 2.24) is 9.97 Å². The predicted molar refractivity (Wildman–Crippen MR) is 76.6 cm³/mol. The summed E-state index contributed by atoms with van der Waals surface area (Å²) >= 11 is 5.60. The molecule has 1 aromatic carbocycles. The molecule has 4 nitrogen and oxygen atoms in total. The fraction of sp³-hybridized carbons (Fsp3) is 0. The lowest BCUT2D eigenvalue weighted by molar-refractivity contribution is 1.16. The van der Waals surface area contributed by atoms with Crippen molar-refractivity contribution in [2.45, 2.75) is 0 Å². The monoisotopic (exact) mass is 390 g/mol. The van der Waals surface area contributed by atoms with Crippen LogP contribution in [0.25, 0.3) is 0 Å². The average molecular weight is 391 g/mol. The third-order valence-electron chi connectivity index (χ3n) is 1.90. The van der Waals surface area contributed by atoms with E-state index in [1.807, 2.05) is 24.3 Å². The zero-order chi connectivity index (χ0) is 11.5. The van der Waals surface area contributed by atoms with Crippen molar-refractivity contribution in [2.75, 3.05) is 11.1 Å². The van der Waals surface area contributed by atoms with E-state index in [1.165, 1.54) is 6.33 Å². The van der Waals surface area contributed by atoms with Crippen LogP contribution >= 0.6 is 38.5 Å². The van der Waals surface area contributed by atoms with Gasteiger partial charge in [0.05, 0.1) is 0 Å². The molecular formula is C10H8BrIN4. The summed E-state index contributed by atoms with van der Waals surface area (Å²) in [6, 6.07) is 7.98. The first-order valence-electron chi connectivity index (χ1n) is 4.45. The van der Waals surface area contributed by atoms with E-state index in [-0.39, 0.29) is 0 Å². The van der Waals surface area contributed by atoms with Crippen LogP contribution in [0, 0.1) is 3.57 Å². The Balaban J connectivity index is 2.31. The molecule has 0 bridgehead atoms. The Hall–Kier alpha value is -0.890. The van der Waals surface area contributed by atoms with Crippen LogP contribution in [0.5, 0.6) is 0 Å². The van der Waals surface area contributed by atoms with Crippen LogP contribution in [0.1, 0.15) is 0 Å². The second kappa shape index (κ2) is 4.96. The molecule has 0 saturated heterocycles. The van der Waals surface area contributed by atoms with Crippen molar-refractivity contribution in [3.05, 3.63) is 38.6 Å². The molecule has 0 spiro atoms. The minimum absolute atomic E-state index is 0.420.